The molecule has 19 heavy (non-hydrogen) atoms. The van der Waals surface area contributed by atoms with Gasteiger partial charge in [0.15, 0.2) is 0 Å². The van der Waals surface area contributed by atoms with E-state index in [0.717, 1.165) is 19.5 Å². The summed E-state index contributed by atoms with van der Waals surface area (Å²) in [5.41, 5.74) is 5.15. The Kier molecular flexibility index (Phi) is 3.15. The Hall–Kier alpha value is -1.61. The highest BCUT2D eigenvalue weighted by molar-refractivity contribution is 5.41. The van der Waals surface area contributed by atoms with Crippen molar-refractivity contribution in [2.45, 2.75) is 39.7 Å². The van der Waals surface area contributed by atoms with E-state index >= 15 is 0 Å². The molecule has 3 heteroatoms. The third-order valence-corrected chi connectivity index (χ3v) is 3.69. The van der Waals surface area contributed by atoms with Gasteiger partial charge in [0.05, 0.1) is 5.69 Å². The van der Waals surface area contributed by atoms with Crippen LogP contribution in [0.1, 0.15) is 42.5 Å². The van der Waals surface area contributed by atoms with Crippen molar-refractivity contribution in [1.29, 1.82) is 0 Å². The summed E-state index contributed by atoms with van der Waals surface area (Å²) < 4.78 is 2.37. The van der Waals surface area contributed by atoms with Gasteiger partial charge in [0.2, 0.25) is 0 Å². The van der Waals surface area contributed by atoms with Crippen molar-refractivity contribution < 1.29 is 0 Å². The zero-order valence-corrected chi connectivity index (χ0v) is 11.9. The molecule has 0 saturated heterocycles. The number of hydrogen-bond acceptors (Lipinski definition) is 2. The molecule has 1 aromatic heterocycles. The number of hydrogen-bond donors (Lipinski definition) is 1. The molecule has 0 radical (unpaired) electrons. The van der Waals surface area contributed by atoms with E-state index in [1.807, 2.05) is 0 Å². The van der Waals surface area contributed by atoms with Crippen LogP contribution in [0.3, 0.4) is 0 Å². The Morgan fingerprint density at radius 3 is 2.89 bits per heavy atom. The van der Waals surface area contributed by atoms with Crippen LogP contribution < -0.4 is 5.32 Å². The fourth-order valence-corrected chi connectivity index (χ4v) is 2.77. The summed E-state index contributed by atoms with van der Waals surface area (Å²) >= 11 is 0. The summed E-state index contributed by atoms with van der Waals surface area (Å²) in [6.45, 7) is 8.51. The molecule has 1 N–H and O–H groups in total. The highest BCUT2D eigenvalue weighted by atomic mass is 15.1. The average Bonchev–Trinajstić information content (AvgIpc) is 2.78. The first kappa shape index (κ1) is 12.4. The molecule has 0 atom stereocenters. The second kappa shape index (κ2) is 4.82. The third kappa shape index (κ3) is 2.19. The standard InChI is InChI=1S/C16H21N3/c1-11(2)16-18-14-10-17-8-7-15(14)19(16)13-6-4-5-12(3)9-13/h4-6,9,11,17H,7-8,10H2,1-3H3. The van der Waals surface area contributed by atoms with Crippen molar-refractivity contribution in [1.82, 2.24) is 14.9 Å². The maximum atomic E-state index is 4.86. The molecule has 0 bridgehead atoms. The van der Waals surface area contributed by atoms with Gasteiger partial charge in [-0.05, 0) is 24.6 Å². The SMILES string of the molecule is Cc1cccc(-n2c(C(C)C)nc3c2CCNC3)c1. The van der Waals surface area contributed by atoms with Gasteiger partial charge in [-0.1, -0.05) is 26.0 Å². The molecule has 1 aliphatic rings. The van der Waals surface area contributed by atoms with Crippen LogP contribution in [0.2, 0.25) is 0 Å². The van der Waals surface area contributed by atoms with Crippen LogP contribution in [-0.4, -0.2) is 16.1 Å². The van der Waals surface area contributed by atoms with E-state index in [-0.39, 0.29) is 0 Å². The van der Waals surface area contributed by atoms with Crippen LogP contribution in [-0.2, 0) is 13.0 Å². The monoisotopic (exact) mass is 255 g/mol. The zero-order valence-electron chi connectivity index (χ0n) is 11.9. The fraction of sp³-hybridized carbons (Fsp3) is 0.438. The van der Waals surface area contributed by atoms with Crippen molar-refractivity contribution in [2.24, 2.45) is 0 Å². The van der Waals surface area contributed by atoms with E-state index in [1.54, 1.807) is 0 Å². The van der Waals surface area contributed by atoms with E-state index in [2.05, 4.69) is 54.9 Å². The van der Waals surface area contributed by atoms with E-state index < -0.39 is 0 Å². The van der Waals surface area contributed by atoms with Gasteiger partial charge in [-0.2, -0.15) is 0 Å². The summed E-state index contributed by atoms with van der Waals surface area (Å²) in [5, 5.41) is 3.41. The summed E-state index contributed by atoms with van der Waals surface area (Å²) in [6, 6.07) is 8.70. The van der Waals surface area contributed by atoms with Crippen molar-refractivity contribution >= 4 is 0 Å². The van der Waals surface area contributed by atoms with Gasteiger partial charge in [-0.25, -0.2) is 4.98 Å². The molecular weight excluding hydrogens is 234 g/mol. The predicted molar refractivity (Wildman–Crippen MR) is 77.8 cm³/mol. The number of aryl methyl sites for hydroxylation is 1. The lowest BCUT2D eigenvalue weighted by Gasteiger charge is -2.17. The predicted octanol–water partition coefficient (Wildman–Crippen LogP) is 2.95. The lowest BCUT2D eigenvalue weighted by atomic mass is 10.1. The number of imidazole rings is 1. The van der Waals surface area contributed by atoms with E-state index in [0.29, 0.717) is 5.92 Å². The first-order chi connectivity index (χ1) is 9.16. The van der Waals surface area contributed by atoms with Gasteiger partial charge in [-0.3, -0.25) is 0 Å². The number of benzene rings is 1. The van der Waals surface area contributed by atoms with Crippen LogP contribution in [0, 0.1) is 6.92 Å². The molecule has 0 aliphatic carbocycles. The maximum absolute atomic E-state index is 4.86. The Morgan fingerprint density at radius 2 is 2.16 bits per heavy atom. The minimum absolute atomic E-state index is 0.436. The number of nitrogens with zero attached hydrogens (tertiary/aromatic N) is 2. The second-order valence-electron chi connectivity index (χ2n) is 5.62. The topological polar surface area (TPSA) is 29.9 Å². The highest BCUT2D eigenvalue weighted by Crippen LogP contribution is 2.26. The van der Waals surface area contributed by atoms with Crippen LogP contribution in [0.4, 0.5) is 0 Å². The van der Waals surface area contributed by atoms with Gasteiger partial charge in [0, 0.05) is 36.8 Å². The smallest absolute Gasteiger partial charge is 0.116 e. The molecule has 1 aliphatic heterocycles. The summed E-state index contributed by atoms with van der Waals surface area (Å²) in [7, 11) is 0. The molecule has 2 aromatic rings. The number of rotatable bonds is 2. The molecule has 0 unspecified atom stereocenters. The molecule has 0 saturated carbocycles. The first-order valence-electron chi connectivity index (χ1n) is 7.05. The Balaban J connectivity index is 2.20. The van der Waals surface area contributed by atoms with Gasteiger partial charge in [0.25, 0.3) is 0 Å². The minimum atomic E-state index is 0.436. The van der Waals surface area contributed by atoms with E-state index in [4.69, 9.17) is 4.98 Å². The summed E-state index contributed by atoms with van der Waals surface area (Å²) in [6.07, 6.45) is 1.06. The number of fused-ring (bicyclic) bond motifs is 1. The Morgan fingerprint density at radius 1 is 1.32 bits per heavy atom. The van der Waals surface area contributed by atoms with E-state index in [9.17, 15) is 0 Å². The fourth-order valence-electron chi connectivity index (χ4n) is 2.77. The second-order valence-corrected chi connectivity index (χ2v) is 5.62. The van der Waals surface area contributed by atoms with Crippen molar-refractivity contribution in [3.63, 3.8) is 0 Å². The Bertz CT molecular complexity index is 596. The largest absolute Gasteiger partial charge is 0.311 e. The van der Waals surface area contributed by atoms with Crippen molar-refractivity contribution in [3.05, 3.63) is 47.0 Å². The zero-order chi connectivity index (χ0) is 13.4. The third-order valence-electron chi connectivity index (χ3n) is 3.69. The van der Waals surface area contributed by atoms with Crippen molar-refractivity contribution in [3.8, 4) is 5.69 Å². The molecule has 3 nitrogen and oxygen atoms in total. The van der Waals surface area contributed by atoms with Gasteiger partial charge >= 0.3 is 0 Å². The van der Waals surface area contributed by atoms with Gasteiger partial charge < -0.3 is 9.88 Å². The molecule has 100 valence electrons. The first-order valence-corrected chi connectivity index (χ1v) is 7.05. The molecule has 1 aromatic carbocycles. The highest BCUT2D eigenvalue weighted by Gasteiger charge is 2.22. The van der Waals surface area contributed by atoms with Crippen LogP contribution in [0.15, 0.2) is 24.3 Å². The normalized spacial score (nSPS) is 14.7. The average molecular weight is 255 g/mol. The molecule has 2 heterocycles. The quantitative estimate of drug-likeness (QED) is 0.894. The minimum Gasteiger partial charge on any atom is -0.311 e. The summed E-state index contributed by atoms with van der Waals surface area (Å²) in [5.74, 6) is 1.62. The lowest BCUT2D eigenvalue weighted by molar-refractivity contribution is 0.619. The van der Waals surface area contributed by atoms with Crippen LogP contribution in [0.5, 0.6) is 0 Å². The maximum Gasteiger partial charge on any atom is 0.116 e. The molecular formula is C16H21N3. The number of nitrogens with one attached hydrogen (secondary N) is 1. The van der Waals surface area contributed by atoms with Gasteiger partial charge in [-0.15, -0.1) is 0 Å². The number of aromatic nitrogens is 2. The lowest BCUT2D eigenvalue weighted by Crippen LogP contribution is -2.24. The van der Waals surface area contributed by atoms with Crippen LogP contribution in [0.25, 0.3) is 5.69 Å². The van der Waals surface area contributed by atoms with E-state index in [1.165, 1.54) is 28.5 Å². The van der Waals surface area contributed by atoms with Gasteiger partial charge in [0.1, 0.15) is 5.82 Å². The molecule has 0 amide bonds. The Labute approximate surface area is 114 Å². The van der Waals surface area contributed by atoms with Crippen molar-refractivity contribution in [2.75, 3.05) is 6.54 Å². The molecule has 0 spiro atoms. The molecule has 0 fully saturated rings. The summed E-state index contributed by atoms with van der Waals surface area (Å²) in [4.78, 5) is 4.86. The van der Waals surface area contributed by atoms with Crippen LogP contribution >= 0.6 is 0 Å². The molecule has 3 rings (SSSR count).